The molecule has 0 spiro atoms. The highest BCUT2D eigenvalue weighted by Gasteiger charge is 2.11. The van der Waals surface area contributed by atoms with Gasteiger partial charge in [0.25, 0.3) is 0 Å². The Balaban J connectivity index is 1.44. The van der Waals surface area contributed by atoms with Gasteiger partial charge in [-0.3, -0.25) is 9.91 Å². The van der Waals surface area contributed by atoms with Crippen LogP contribution < -0.4 is 0 Å². The Hall–Kier alpha value is -3.40. The highest BCUT2D eigenvalue weighted by atomic mass is 16.5. The third kappa shape index (κ3) is 5.25. The number of H-pyrrole nitrogens is 1. The molecule has 1 aliphatic heterocycles. The van der Waals surface area contributed by atoms with E-state index in [1.54, 1.807) is 6.20 Å². The maximum Gasteiger partial charge on any atom is 0.138 e. The van der Waals surface area contributed by atoms with Crippen LogP contribution in [-0.2, 0) is 11.3 Å². The largest absolute Gasteiger partial charge is 0.379 e. The van der Waals surface area contributed by atoms with Crippen molar-refractivity contribution in [2.45, 2.75) is 20.4 Å². The lowest BCUT2D eigenvalue weighted by atomic mass is 10.1. The monoisotopic (exact) mass is 427 g/mol. The minimum atomic E-state index is 0.823. The lowest BCUT2D eigenvalue weighted by Gasteiger charge is -2.26. The molecule has 0 amide bonds. The number of ether oxygens (including phenoxy) is 1. The molecule has 3 aromatic rings. The van der Waals surface area contributed by atoms with E-state index >= 15 is 0 Å². The van der Waals surface area contributed by atoms with Gasteiger partial charge in [-0.2, -0.15) is 5.10 Å². The van der Waals surface area contributed by atoms with Crippen molar-refractivity contribution in [3.8, 4) is 11.8 Å². The lowest BCUT2D eigenvalue weighted by molar-refractivity contribution is 0.0342. The fourth-order valence-corrected chi connectivity index (χ4v) is 3.75. The van der Waals surface area contributed by atoms with E-state index in [0.717, 1.165) is 66.4 Å². The van der Waals surface area contributed by atoms with Crippen LogP contribution in [0, 0.1) is 11.8 Å². The molecule has 0 atom stereocenters. The van der Waals surface area contributed by atoms with Crippen LogP contribution in [-0.4, -0.2) is 58.9 Å². The fourth-order valence-electron chi connectivity index (χ4n) is 3.75. The van der Waals surface area contributed by atoms with Gasteiger partial charge in [0.15, 0.2) is 0 Å². The van der Waals surface area contributed by atoms with E-state index in [2.05, 4.69) is 51.0 Å². The first-order valence-electron chi connectivity index (χ1n) is 10.9. The predicted molar refractivity (Wildman–Crippen MR) is 129 cm³/mol. The van der Waals surface area contributed by atoms with Gasteiger partial charge >= 0.3 is 0 Å². The summed E-state index contributed by atoms with van der Waals surface area (Å²) in [5.74, 6) is 6.51. The zero-order valence-electron chi connectivity index (χ0n) is 18.9. The number of rotatable bonds is 5. The first kappa shape index (κ1) is 21.8. The molecule has 1 aromatic carbocycles. The second-order valence-electron chi connectivity index (χ2n) is 7.82. The van der Waals surface area contributed by atoms with Crippen molar-refractivity contribution in [1.29, 1.82) is 0 Å². The number of allylic oxidation sites excluding steroid dienone is 2. The van der Waals surface area contributed by atoms with Gasteiger partial charge in [-0.05, 0) is 43.0 Å². The number of nitrogens with one attached hydrogen (secondary N) is 1. The van der Waals surface area contributed by atoms with Gasteiger partial charge in [0.05, 0.1) is 18.9 Å². The summed E-state index contributed by atoms with van der Waals surface area (Å²) in [6, 6.07) is 12.6. The number of pyridine rings is 1. The Labute approximate surface area is 189 Å². The van der Waals surface area contributed by atoms with E-state index in [0.29, 0.717) is 0 Å². The third-order valence-electron chi connectivity index (χ3n) is 5.59. The van der Waals surface area contributed by atoms with Crippen molar-refractivity contribution >= 4 is 16.7 Å². The predicted octanol–water partition coefficient (Wildman–Crippen LogP) is 4.01. The lowest BCUT2D eigenvalue weighted by Crippen LogP contribution is -2.35. The van der Waals surface area contributed by atoms with Crippen molar-refractivity contribution < 1.29 is 4.74 Å². The smallest absolute Gasteiger partial charge is 0.138 e. The number of hydrogen-bond acceptors (Lipinski definition) is 5. The molecular weight excluding hydrogens is 398 g/mol. The van der Waals surface area contributed by atoms with Gasteiger partial charge in [-0.15, -0.1) is 0 Å². The molecular formula is C26H29N5O. The zero-order valence-corrected chi connectivity index (χ0v) is 18.9. The van der Waals surface area contributed by atoms with E-state index < -0.39 is 0 Å². The topological polar surface area (TPSA) is 56.8 Å². The number of hydrogen-bond donors (Lipinski definition) is 1. The Bertz CT molecular complexity index is 1170. The van der Waals surface area contributed by atoms with Crippen LogP contribution in [0.1, 0.15) is 30.5 Å². The summed E-state index contributed by atoms with van der Waals surface area (Å²) in [5.41, 5.74) is 6.00. The van der Waals surface area contributed by atoms with Crippen LogP contribution in [0.5, 0.6) is 0 Å². The van der Waals surface area contributed by atoms with Crippen LogP contribution in [0.2, 0.25) is 0 Å². The molecule has 1 fully saturated rings. The highest BCUT2D eigenvalue weighted by Crippen LogP contribution is 2.15. The SMILES string of the molecule is CC=C(C#Cc1ccnc2[nH]ccc12)N(C)N=C(C)c1ccc(CN2CCOCC2)cc1. The standard InChI is InChI=1S/C26H29N5O/c1-4-24(10-9-23-11-13-27-26-25(23)12-14-28-26)30(3)29-20(2)22-7-5-21(6-8-22)19-31-15-17-32-18-16-31/h4-8,11-14H,15-19H2,1-3H3,(H,27,28). The van der Waals surface area contributed by atoms with Gasteiger partial charge in [0, 0.05) is 50.0 Å². The van der Waals surface area contributed by atoms with Gasteiger partial charge in [0.1, 0.15) is 11.3 Å². The summed E-state index contributed by atoms with van der Waals surface area (Å²) in [6.45, 7) is 8.60. The number of hydrazone groups is 1. The van der Waals surface area contributed by atoms with E-state index in [9.17, 15) is 0 Å². The molecule has 0 unspecified atom stereocenters. The minimum absolute atomic E-state index is 0.823. The van der Waals surface area contributed by atoms with E-state index in [-0.39, 0.29) is 0 Å². The molecule has 0 radical (unpaired) electrons. The Kier molecular flexibility index (Phi) is 7.00. The average Bonchev–Trinajstić information content (AvgIpc) is 3.30. The normalized spacial score (nSPS) is 15.5. The Morgan fingerprint density at radius 1 is 1.22 bits per heavy atom. The molecule has 1 aliphatic rings. The molecule has 2 aromatic heterocycles. The zero-order chi connectivity index (χ0) is 22.3. The molecule has 32 heavy (non-hydrogen) atoms. The summed E-state index contributed by atoms with van der Waals surface area (Å²) in [5, 5.41) is 7.62. The minimum Gasteiger partial charge on any atom is -0.379 e. The molecule has 6 heteroatoms. The number of aromatic nitrogens is 2. The van der Waals surface area contributed by atoms with Crippen molar-refractivity contribution in [1.82, 2.24) is 19.9 Å². The highest BCUT2D eigenvalue weighted by molar-refractivity contribution is 5.98. The van der Waals surface area contributed by atoms with Gasteiger partial charge in [-0.25, -0.2) is 4.98 Å². The maximum atomic E-state index is 5.43. The molecule has 0 saturated carbocycles. The number of nitrogens with zero attached hydrogens (tertiary/aromatic N) is 4. The molecule has 1 saturated heterocycles. The summed E-state index contributed by atoms with van der Waals surface area (Å²) in [7, 11) is 1.93. The van der Waals surface area contributed by atoms with Crippen LogP contribution in [0.4, 0.5) is 0 Å². The molecule has 0 aliphatic carbocycles. The number of benzene rings is 1. The van der Waals surface area contributed by atoms with Crippen LogP contribution >= 0.6 is 0 Å². The van der Waals surface area contributed by atoms with Crippen molar-refractivity contribution in [3.63, 3.8) is 0 Å². The fraction of sp³-hybridized carbons (Fsp3) is 0.308. The maximum absolute atomic E-state index is 5.43. The quantitative estimate of drug-likeness (QED) is 0.380. The molecule has 4 rings (SSSR count). The molecule has 3 heterocycles. The van der Waals surface area contributed by atoms with Gasteiger partial charge < -0.3 is 9.72 Å². The summed E-state index contributed by atoms with van der Waals surface area (Å²) in [4.78, 5) is 9.86. The van der Waals surface area contributed by atoms with Gasteiger partial charge in [-0.1, -0.05) is 36.3 Å². The van der Waals surface area contributed by atoms with Gasteiger partial charge in [0.2, 0.25) is 0 Å². The number of morpholine rings is 1. The summed E-state index contributed by atoms with van der Waals surface area (Å²) in [6.07, 6.45) is 5.63. The Morgan fingerprint density at radius 3 is 2.75 bits per heavy atom. The van der Waals surface area contributed by atoms with Crippen LogP contribution in [0.15, 0.2) is 65.7 Å². The van der Waals surface area contributed by atoms with E-state index in [4.69, 9.17) is 9.84 Å². The molecule has 1 N–H and O–H groups in total. The van der Waals surface area contributed by atoms with Crippen LogP contribution in [0.25, 0.3) is 11.0 Å². The van der Waals surface area contributed by atoms with Crippen molar-refractivity contribution in [2.24, 2.45) is 5.10 Å². The second-order valence-corrected chi connectivity index (χ2v) is 7.82. The second kappa shape index (κ2) is 10.3. The number of fused-ring (bicyclic) bond motifs is 1. The molecule has 6 nitrogen and oxygen atoms in total. The average molecular weight is 428 g/mol. The van der Waals surface area contributed by atoms with Crippen molar-refractivity contribution in [2.75, 3.05) is 33.4 Å². The van der Waals surface area contributed by atoms with Crippen LogP contribution in [0.3, 0.4) is 0 Å². The molecule has 0 bridgehead atoms. The van der Waals surface area contributed by atoms with Crippen molar-refractivity contribution in [3.05, 3.63) is 77.3 Å². The Morgan fingerprint density at radius 2 is 2.00 bits per heavy atom. The summed E-state index contributed by atoms with van der Waals surface area (Å²) < 4.78 is 5.43. The van der Waals surface area contributed by atoms with E-state index in [1.807, 2.05) is 50.3 Å². The first-order valence-corrected chi connectivity index (χ1v) is 10.9. The van der Waals surface area contributed by atoms with E-state index in [1.165, 1.54) is 5.56 Å². The number of aromatic amines is 1. The first-order chi connectivity index (χ1) is 15.6. The molecule has 164 valence electrons. The summed E-state index contributed by atoms with van der Waals surface area (Å²) >= 11 is 0. The third-order valence-corrected chi connectivity index (χ3v) is 5.59.